The second-order valence-electron chi connectivity index (χ2n) is 8.79. The van der Waals surface area contributed by atoms with Crippen molar-refractivity contribution < 1.29 is 4.79 Å². The van der Waals surface area contributed by atoms with Gasteiger partial charge in [0, 0.05) is 24.2 Å². The Balaban J connectivity index is 1.86. The van der Waals surface area contributed by atoms with Gasteiger partial charge in [-0.25, -0.2) is 4.98 Å². The number of amides is 1. The SMILES string of the molecule is Cc1c(-c2cn(C)c(C(N)=O)n2)cccc1-n1ncc2cc(C(C)(C)C)ccc2c1=O. The van der Waals surface area contributed by atoms with Gasteiger partial charge in [-0.05, 0) is 41.7 Å². The molecule has 0 aliphatic rings. The largest absolute Gasteiger partial charge is 0.363 e. The van der Waals surface area contributed by atoms with E-state index in [-0.39, 0.29) is 16.8 Å². The van der Waals surface area contributed by atoms with Crippen LogP contribution in [0.5, 0.6) is 0 Å². The van der Waals surface area contributed by atoms with E-state index in [1.807, 2.05) is 43.3 Å². The molecular weight excluding hydrogens is 390 g/mol. The Morgan fingerprint density at radius 1 is 1.13 bits per heavy atom. The van der Waals surface area contributed by atoms with Crippen LogP contribution in [0.2, 0.25) is 0 Å². The Morgan fingerprint density at radius 3 is 2.52 bits per heavy atom. The second kappa shape index (κ2) is 7.19. The minimum absolute atomic E-state index is 0.0135. The molecule has 0 saturated carbocycles. The molecule has 4 rings (SSSR count). The fourth-order valence-electron chi connectivity index (χ4n) is 3.74. The fraction of sp³-hybridized carbons (Fsp3) is 0.250. The zero-order valence-electron chi connectivity index (χ0n) is 18.3. The molecule has 0 atom stereocenters. The van der Waals surface area contributed by atoms with Crippen molar-refractivity contribution in [2.24, 2.45) is 12.8 Å². The second-order valence-corrected chi connectivity index (χ2v) is 8.79. The standard InChI is InChI=1S/C24H25N5O2/c1-14-17(19-13-28(5)22(27-19)21(25)30)7-6-8-20(14)29-23(31)18-10-9-16(24(2,3)4)11-15(18)12-26-29/h6-13H,1-5H3,(H2,25,30). The summed E-state index contributed by atoms with van der Waals surface area (Å²) >= 11 is 0. The maximum atomic E-state index is 13.3. The van der Waals surface area contributed by atoms with Crippen molar-refractivity contribution in [1.29, 1.82) is 0 Å². The van der Waals surface area contributed by atoms with Crippen LogP contribution in [0.1, 0.15) is 42.5 Å². The van der Waals surface area contributed by atoms with Gasteiger partial charge in [-0.15, -0.1) is 0 Å². The monoisotopic (exact) mass is 415 g/mol. The van der Waals surface area contributed by atoms with Gasteiger partial charge in [-0.2, -0.15) is 9.78 Å². The lowest BCUT2D eigenvalue weighted by atomic mass is 9.86. The molecule has 0 radical (unpaired) electrons. The molecule has 158 valence electrons. The number of benzene rings is 2. The van der Waals surface area contributed by atoms with E-state index >= 15 is 0 Å². The number of primary amides is 1. The Kier molecular flexibility index (Phi) is 4.76. The van der Waals surface area contributed by atoms with Crippen LogP contribution in [-0.2, 0) is 12.5 Å². The van der Waals surface area contributed by atoms with Crippen LogP contribution < -0.4 is 11.3 Å². The molecule has 0 unspecified atom stereocenters. The molecule has 2 N–H and O–H groups in total. The van der Waals surface area contributed by atoms with Crippen LogP contribution in [0.25, 0.3) is 27.7 Å². The first-order valence-electron chi connectivity index (χ1n) is 10.0. The fourth-order valence-corrected chi connectivity index (χ4v) is 3.74. The number of carbonyl (C=O) groups excluding carboxylic acids is 1. The lowest BCUT2D eigenvalue weighted by Gasteiger charge is -2.19. The van der Waals surface area contributed by atoms with E-state index in [9.17, 15) is 9.59 Å². The zero-order valence-corrected chi connectivity index (χ0v) is 18.3. The van der Waals surface area contributed by atoms with Gasteiger partial charge in [0.05, 0.1) is 23.0 Å². The quantitative estimate of drug-likeness (QED) is 0.554. The van der Waals surface area contributed by atoms with Gasteiger partial charge < -0.3 is 10.3 Å². The first-order chi connectivity index (χ1) is 14.6. The van der Waals surface area contributed by atoms with Gasteiger partial charge in [0.1, 0.15) is 0 Å². The summed E-state index contributed by atoms with van der Waals surface area (Å²) in [5, 5.41) is 5.88. The number of hydrogen-bond acceptors (Lipinski definition) is 4. The zero-order chi connectivity index (χ0) is 22.5. The lowest BCUT2D eigenvalue weighted by molar-refractivity contribution is 0.0987. The molecule has 0 fully saturated rings. The Morgan fingerprint density at radius 2 is 1.87 bits per heavy atom. The number of imidazole rings is 1. The Hall–Kier alpha value is -3.74. The van der Waals surface area contributed by atoms with E-state index in [0.717, 1.165) is 22.1 Å². The van der Waals surface area contributed by atoms with E-state index in [0.29, 0.717) is 16.8 Å². The predicted molar refractivity (Wildman–Crippen MR) is 121 cm³/mol. The Labute approximate surface area is 180 Å². The van der Waals surface area contributed by atoms with Crippen molar-refractivity contribution in [3.05, 3.63) is 76.1 Å². The summed E-state index contributed by atoms with van der Waals surface area (Å²) in [6.07, 6.45) is 3.47. The van der Waals surface area contributed by atoms with Crippen molar-refractivity contribution in [3.8, 4) is 16.9 Å². The molecule has 2 heterocycles. The van der Waals surface area contributed by atoms with Crippen molar-refractivity contribution in [1.82, 2.24) is 19.3 Å². The van der Waals surface area contributed by atoms with Crippen molar-refractivity contribution in [2.45, 2.75) is 33.1 Å². The highest BCUT2D eigenvalue weighted by Gasteiger charge is 2.18. The molecular formula is C24H25N5O2. The highest BCUT2D eigenvalue weighted by atomic mass is 16.1. The number of rotatable bonds is 3. The molecule has 7 heteroatoms. The summed E-state index contributed by atoms with van der Waals surface area (Å²) in [6, 6.07) is 11.5. The molecule has 0 aliphatic heterocycles. The van der Waals surface area contributed by atoms with Gasteiger partial charge in [0.15, 0.2) is 5.82 Å². The van der Waals surface area contributed by atoms with Crippen LogP contribution in [-0.4, -0.2) is 25.2 Å². The maximum absolute atomic E-state index is 13.3. The molecule has 2 aromatic heterocycles. The normalized spacial score (nSPS) is 11.8. The minimum atomic E-state index is -0.593. The summed E-state index contributed by atoms with van der Waals surface area (Å²) in [6.45, 7) is 8.32. The molecule has 4 aromatic rings. The molecule has 1 amide bonds. The molecule has 0 spiro atoms. The maximum Gasteiger partial charge on any atom is 0.284 e. The van der Waals surface area contributed by atoms with E-state index in [1.54, 1.807) is 24.0 Å². The average molecular weight is 415 g/mol. The van der Waals surface area contributed by atoms with Gasteiger partial charge in [0.25, 0.3) is 11.5 Å². The minimum Gasteiger partial charge on any atom is -0.363 e. The number of aromatic nitrogens is 4. The van der Waals surface area contributed by atoms with E-state index in [2.05, 4.69) is 30.9 Å². The molecule has 0 bridgehead atoms. The number of nitrogens with zero attached hydrogens (tertiary/aromatic N) is 4. The van der Waals surface area contributed by atoms with Crippen molar-refractivity contribution in [2.75, 3.05) is 0 Å². The number of nitrogens with two attached hydrogens (primary N) is 1. The van der Waals surface area contributed by atoms with Gasteiger partial charge >= 0.3 is 0 Å². The van der Waals surface area contributed by atoms with Gasteiger partial charge in [-0.1, -0.05) is 39.0 Å². The molecule has 31 heavy (non-hydrogen) atoms. The Bertz CT molecular complexity index is 1390. The van der Waals surface area contributed by atoms with E-state index in [1.165, 1.54) is 4.68 Å². The summed E-state index contributed by atoms with van der Waals surface area (Å²) in [7, 11) is 1.72. The third-order valence-electron chi connectivity index (χ3n) is 5.56. The van der Waals surface area contributed by atoms with Crippen LogP contribution >= 0.6 is 0 Å². The van der Waals surface area contributed by atoms with Crippen LogP contribution in [0.4, 0.5) is 0 Å². The summed E-state index contributed by atoms with van der Waals surface area (Å²) in [4.78, 5) is 29.2. The van der Waals surface area contributed by atoms with Gasteiger partial charge in [0.2, 0.25) is 0 Å². The smallest absolute Gasteiger partial charge is 0.284 e. The first-order valence-corrected chi connectivity index (χ1v) is 10.0. The molecule has 2 aromatic carbocycles. The summed E-state index contributed by atoms with van der Waals surface area (Å²) < 4.78 is 3.01. The topological polar surface area (TPSA) is 95.8 Å². The highest BCUT2D eigenvalue weighted by Crippen LogP contribution is 2.28. The molecule has 0 aliphatic carbocycles. The van der Waals surface area contributed by atoms with E-state index < -0.39 is 5.91 Å². The third-order valence-corrected chi connectivity index (χ3v) is 5.56. The number of aryl methyl sites for hydroxylation is 1. The lowest BCUT2D eigenvalue weighted by Crippen LogP contribution is -2.22. The number of fused-ring (bicyclic) bond motifs is 1. The third kappa shape index (κ3) is 3.52. The van der Waals surface area contributed by atoms with Crippen LogP contribution in [0.3, 0.4) is 0 Å². The average Bonchev–Trinajstić information content (AvgIpc) is 3.09. The molecule has 0 saturated heterocycles. The van der Waals surface area contributed by atoms with Gasteiger partial charge in [-0.3, -0.25) is 9.59 Å². The summed E-state index contributed by atoms with van der Waals surface area (Å²) in [5.41, 5.74) is 9.26. The highest BCUT2D eigenvalue weighted by molar-refractivity contribution is 5.90. The summed E-state index contributed by atoms with van der Waals surface area (Å²) in [5.74, 6) is -0.417. The van der Waals surface area contributed by atoms with E-state index in [4.69, 9.17) is 5.73 Å². The first kappa shape index (κ1) is 20.5. The van der Waals surface area contributed by atoms with Crippen LogP contribution in [0, 0.1) is 6.92 Å². The van der Waals surface area contributed by atoms with Crippen molar-refractivity contribution in [3.63, 3.8) is 0 Å². The predicted octanol–water partition coefficient (Wildman–Crippen LogP) is 3.49. The number of hydrogen-bond donors (Lipinski definition) is 1. The van der Waals surface area contributed by atoms with Crippen LogP contribution in [0.15, 0.2) is 53.6 Å². The molecule has 7 nitrogen and oxygen atoms in total. The van der Waals surface area contributed by atoms with Crippen molar-refractivity contribution >= 4 is 16.7 Å². The number of carbonyl (C=O) groups is 1.